The van der Waals surface area contributed by atoms with Crippen molar-refractivity contribution in [3.63, 3.8) is 0 Å². The van der Waals surface area contributed by atoms with E-state index < -0.39 is 29.3 Å². The van der Waals surface area contributed by atoms with Crippen LogP contribution in [0.3, 0.4) is 0 Å². The monoisotopic (exact) mass is 494 g/mol. The lowest BCUT2D eigenvalue weighted by molar-refractivity contribution is -0.132. The van der Waals surface area contributed by atoms with Crippen molar-refractivity contribution in [3.8, 4) is 5.75 Å². The molecule has 6 nitrogen and oxygen atoms in total. The molecule has 1 aliphatic heterocycles. The molecule has 1 atom stereocenters. The fourth-order valence-corrected chi connectivity index (χ4v) is 5.20. The largest absolute Gasteiger partial charge is 0.507 e. The topological polar surface area (TPSA) is 79.7 Å². The molecule has 1 amide bonds. The lowest BCUT2D eigenvalue weighted by atomic mass is 9.95. The summed E-state index contributed by atoms with van der Waals surface area (Å²) in [6.45, 7) is 0. The first-order chi connectivity index (χ1) is 16.4. The van der Waals surface area contributed by atoms with Crippen LogP contribution in [0, 0.1) is 5.82 Å². The predicted molar refractivity (Wildman–Crippen MR) is 129 cm³/mol. The van der Waals surface area contributed by atoms with E-state index in [9.17, 15) is 19.1 Å². The standard InChI is InChI=1S/C25H16ClFN2O4S/c1-33-15-6-4-5-13(11-15)22(30)20-21(16-7-2-3-8-17(16)27)29(24(32)23(20)31)25-28-18-10-9-14(26)12-19(18)34-25/h2-12,21,30H,1H3/b22-20+. The molecule has 0 saturated carbocycles. The number of carbonyl (C=O) groups excluding carboxylic acids is 2. The van der Waals surface area contributed by atoms with Gasteiger partial charge in [-0.15, -0.1) is 0 Å². The molecule has 170 valence electrons. The van der Waals surface area contributed by atoms with Crippen LogP contribution in [0.4, 0.5) is 9.52 Å². The summed E-state index contributed by atoms with van der Waals surface area (Å²) in [5.41, 5.74) is 0.658. The van der Waals surface area contributed by atoms with Gasteiger partial charge < -0.3 is 9.84 Å². The van der Waals surface area contributed by atoms with Gasteiger partial charge in [-0.1, -0.05) is 53.3 Å². The molecule has 5 rings (SSSR count). The van der Waals surface area contributed by atoms with Gasteiger partial charge in [0, 0.05) is 16.1 Å². The zero-order valence-corrected chi connectivity index (χ0v) is 19.2. The van der Waals surface area contributed by atoms with Crippen molar-refractivity contribution in [1.29, 1.82) is 0 Å². The average Bonchev–Trinajstić information content (AvgIpc) is 3.36. The number of ether oxygens (including phenoxy) is 1. The first-order valence-corrected chi connectivity index (χ1v) is 11.3. The third-order valence-electron chi connectivity index (χ3n) is 5.53. The highest BCUT2D eigenvalue weighted by molar-refractivity contribution is 7.22. The minimum atomic E-state index is -1.22. The van der Waals surface area contributed by atoms with E-state index in [-0.39, 0.29) is 21.8 Å². The fourth-order valence-electron chi connectivity index (χ4n) is 3.94. The molecule has 1 aromatic heterocycles. The number of nitrogens with zero attached hydrogens (tertiary/aromatic N) is 2. The zero-order chi connectivity index (χ0) is 24.0. The normalized spacial score (nSPS) is 17.5. The first-order valence-electron chi connectivity index (χ1n) is 10.1. The van der Waals surface area contributed by atoms with Crippen molar-refractivity contribution >= 4 is 55.7 Å². The number of ketones is 1. The molecular weight excluding hydrogens is 479 g/mol. The lowest BCUT2D eigenvalue weighted by Crippen LogP contribution is -2.29. The number of hydrogen-bond acceptors (Lipinski definition) is 6. The fraction of sp³-hybridized carbons (Fsp3) is 0.0800. The molecule has 1 fully saturated rings. The third-order valence-corrected chi connectivity index (χ3v) is 6.79. The number of hydrogen-bond donors (Lipinski definition) is 1. The summed E-state index contributed by atoms with van der Waals surface area (Å²) in [5.74, 6) is -2.46. The summed E-state index contributed by atoms with van der Waals surface area (Å²) in [7, 11) is 1.47. The van der Waals surface area contributed by atoms with Crippen LogP contribution in [0.1, 0.15) is 17.2 Å². The number of methoxy groups -OCH3 is 1. The summed E-state index contributed by atoms with van der Waals surface area (Å²) in [5, 5.41) is 11.8. The number of aliphatic hydroxyl groups excluding tert-OH is 1. The van der Waals surface area contributed by atoms with Gasteiger partial charge in [-0.3, -0.25) is 14.5 Å². The third kappa shape index (κ3) is 3.61. The maximum Gasteiger partial charge on any atom is 0.301 e. The van der Waals surface area contributed by atoms with Crippen molar-refractivity contribution in [2.75, 3.05) is 12.0 Å². The number of aromatic nitrogens is 1. The van der Waals surface area contributed by atoms with Gasteiger partial charge >= 0.3 is 5.91 Å². The number of rotatable bonds is 4. The molecule has 0 aliphatic carbocycles. The predicted octanol–water partition coefficient (Wildman–Crippen LogP) is 5.72. The summed E-state index contributed by atoms with van der Waals surface area (Å²) in [6, 6.07) is 16.1. The Balaban J connectivity index is 1.75. The van der Waals surface area contributed by atoms with Gasteiger partial charge in [0.05, 0.1) is 22.9 Å². The minimum absolute atomic E-state index is 0.0587. The number of fused-ring (bicyclic) bond motifs is 1. The Morgan fingerprint density at radius 3 is 2.68 bits per heavy atom. The molecule has 1 N–H and O–H groups in total. The molecule has 0 radical (unpaired) electrons. The summed E-state index contributed by atoms with van der Waals surface area (Å²) in [6.07, 6.45) is 0. The summed E-state index contributed by atoms with van der Waals surface area (Å²) >= 11 is 7.23. The van der Waals surface area contributed by atoms with Gasteiger partial charge in [0.2, 0.25) is 0 Å². The number of amides is 1. The number of thiazole rings is 1. The molecule has 1 unspecified atom stereocenters. The van der Waals surface area contributed by atoms with Crippen molar-refractivity contribution in [2.24, 2.45) is 0 Å². The van der Waals surface area contributed by atoms with Crippen LogP contribution in [0.2, 0.25) is 5.02 Å². The van der Waals surface area contributed by atoms with E-state index in [1.54, 1.807) is 42.5 Å². The highest BCUT2D eigenvalue weighted by Gasteiger charge is 2.49. The Hall–Kier alpha value is -3.75. The van der Waals surface area contributed by atoms with E-state index >= 15 is 0 Å². The number of benzene rings is 3. The van der Waals surface area contributed by atoms with E-state index in [1.807, 2.05) is 0 Å². The summed E-state index contributed by atoms with van der Waals surface area (Å²) < 4.78 is 20.9. The quantitative estimate of drug-likeness (QED) is 0.223. The molecule has 0 bridgehead atoms. The van der Waals surface area contributed by atoms with Gasteiger partial charge in [0.15, 0.2) is 5.13 Å². The van der Waals surface area contributed by atoms with Gasteiger partial charge in [0.1, 0.15) is 23.4 Å². The van der Waals surface area contributed by atoms with Crippen LogP contribution in [0.5, 0.6) is 5.75 Å². The molecule has 2 heterocycles. The Labute approximate surface area is 202 Å². The highest BCUT2D eigenvalue weighted by Crippen LogP contribution is 2.45. The van der Waals surface area contributed by atoms with Crippen LogP contribution in [-0.4, -0.2) is 28.9 Å². The Morgan fingerprint density at radius 1 is 1.12 bits per heavy atom. The second-order valence-electron chi connectivity index (χ2n) is 7.53. The van der Waals surface area contributed by atoms with Crippen molar-refractivity contribution in [1.82, 2.24) is 4.98 Å². The maximum atomic E-state index is 15.0. The average molecular weight is 495 g/mol. The van der Waals surface area contributed by atoms with E-state index in [1.165, 1.54) is 31.4 Å². The number of carbonyl (C=O) groups is 2. The Morgan fingerprint density at radius 2 is 1.91 bits per heavy atom. The van der Waals surface area contributed by atoms with Crippen LogP contribution < -0.4 is 9.64 Å². The van der Waals surface area contributed by atoms with Gasteiger partial charge in [0.25, 0.3) is 5.78 Å². The highest BCUT2D eigenvalue weighted by atomic mass is 35.5. The van der Waals surface area contributed by atoms with E-state index in [0.29, 0.717) is 21.0 Å². The smallest absolute Gasteiger partial charge is 0.301 e. The molecule has 3 aromatic carbocycles. The molecule has 34 heavy (non-hydrogen) atoms. The number of Topliss-reactive ketones (excluding diaryl/α,β-unsaturated/α-hetero) is 1. The maximum absolute atomic E-state index is 15.0. The molecule has 1 aliphatic rings. The van der Waals surface area contributed by atoms with E-state index in [2.05, 4.69) is 4.98 Å². The number of anilines is 1. The van der Waals surface area contributed by atoms with Gasteiger partial charge in [-0.2, -0.15) is 0 Å². The van der Waals surface area contributed by atoms with Crippen LogP contribution in [0.15, 0.2) is 72.3 Å². The molecular formula is C25H16ClFN2O4S. The van der Waals surface area contributed by atoms with Crippen LogP contribution in [-0.2, 0) is 9.59 Å². The number of halogens is 2. The molecule has 1 saturated heterocycles. The summed E-state index contributed by atoms with van der Waals surface area (Å²) in [4.78, 5) is 32.1. The van der Waals surface area contributed by atoms with Crippen molar-refractivity contribution in [3.05, 3.63) is 94.3 Å². The molecule has 4 aromatic rings. The Kier molecular flexibility index (Phi) is 5.55. The lowest BCUT2D eigenvalue weighted by Gasteiger charge is -2.23. The van der Waals surface area contributed by atoms with Crippen molar-refractivity contribution < 1.29 is 23.8 Å². The second kappa shape index (κ2) is 8.55. The van der Waals surface area contributed by atoms with Gasteiger partial charge in [-0.05, 0) is 36.4 Å². The van der Waals surface area contributed by atoms with Gasteiger partial charge in [-0.25, -0.2) is 9.37 Å². The van der Waals surface area contributed by atoms with Crippen LogP contribution in [0.25, 0.3) is 16.0 Å². The minimum Gasteiger partial charge on any atom is -0.507 e. The number of aliphatic hydroxyl groups is 1. The molecule has 0 spiro atoms. The van der Waals surface area contributed by atoms with Crippen molar-refractivity contribution in [2.45, 2.75) is 6.04 Å². The Bertz CT molecular complexity index is 1500. The first kappa shape index (κ1) is 22.1. The second-order valence-corrected chi connectivity index (χ2v) is 8.98. The van der Waals surface area contributed by atoms with E-state index in [0.717, 1.165) is 16.2 Å². The molecule has 9 heteroatoms. The zero-order valence-electron chi connectivity index (χ0n) is 17.7. The SMILES string of the molecule is COc1cccc(/C(O)=C2\C(=O)C(=O)N(c3nc4ccc(Cl)cc4s3)C2c2ccccc2F)c1. The van der Waals surface area contributed by atoms with Crippen LogP contribution >= 0.6 is 22.9 Å². The van der Waals surface area contributed by atoms with E-state index in [4.69, 9.17) is 16.3 Å².